The summed E-state index contributed by atoms with van der Waals surface area (Å²) in [4.78, 5) is 27.1. The van der Waals surface area contributed by atoms with E-state index in [1.54, 1.807) is 0 Å². The second-order valence-electron chi connectivity index (χ2n) is 8.69. The lowest BCUT2D eigenvalue weighted by Gasteiger charge is -2.26. The maximum atomic E-state index is 12.9. The standard InChI is InChI=1S/C26H42N6OS/c1-6-9-10-14-19-32(21-16-12-11-13-17-21)20-15-18-22(33)27-23-24(31(7-2)8-3)28-26(30(4)5)29-25(23)34/h11-13,16-17H,6-10,14-15,18-20H2,1-5H3,(H,27,33)(H,28,29,34). The molecule has 2 aromatic rings. The summed E-state index contributed by atoms with van der Waals surface area (Å²) in [6.07, 6.45) is 6.10. The van der Waals surface area contributed by atoms with Gasteiger partial charge in [0, 0.05) is 52.4 Å². The summed E-state index contributed by atoms with van der Waals surface area (Å²) in [7, 11) is 3.83. The van der Waals surface area contributed by atoms with Crippen LogP contribution in [0, 0.1) is 4.64 Å². The number of rotatable bonds is 15. The van der Waals surface area contributed by atoms with Crippen LogP contribution in [0.3, 0.4) is 0 Å². The Labute approximate surface area is 210 Å². The number of benzene rings is 1. The molecule has 0 saturated heterocycles. The van der Waals surface area contributed by atoms with Crippen LogP contribution in [-0.2, 0) is 4.79 Å². The first kappa shape index (κ1) is 27.6. The number of aromatic amines is 1. The number of nitrogens with one attached hydrogen (secondary N) is 2. The fourth-order valence-corrected chi connectivity index (χ4v) is 4.16. The van der Waals surface area contributed by atoms with Crippen LogP contribution in [0.2, 0.25) is 0 Å². The number of unbranched alkanes of at least 4 members (excludes halogenated alkanes) is 3. The minimum Gasteiger partial charge on any atom is -0.372 e. The lowest BCUT2D eigenvalue weighted by molar-refractivity contribution is -0.116. The third-order valence-electron chi connectivity index (χ3n) is 5.89. The smallest absolute Gasteiger partial charge is 0.224 e. The summed E-state index contributed by atoms with van der Waals surface area (Å²) in [5.41, 5.74) is 1.81. The molecule has 0 aliphatic heterocycles. The van der Waals surface area contributed by atoms with E-state index in [0.29, 0.717) is 22.7 Å². The summed E-state index contributed by atoms with van der Waals surface area (Å²) in [5.74, 6) is 1.45. The van der Waals surface area contributed by atoms with Gasteiger partial charge in [0.05, 0.1) is 0 Å². The Bertz CT molecular complexity index is 927. The predicted molar refractivity (Wildman–Crippen MR) is 148 cm³/mol. The third kappa shape index (κ3) is 8.31. The summed E-state index contributed by atoms with van der Waals surface area (Å²) in [6.45, 7) is 9.85. The van der Waals surface area contributed by atoms with Gasteiger partial charge in [-0.3, -0.25) is 4.79 Å². The van der Waals surface area contributed by atoms with Gasteiger partial charge in [-0.1, -0.05) is 56.6 Å². The highest BCUT2D eigenvalue weighted by atomic mass is 32.1. The Hall–Kier alpha value is -2.61. The fraction of sp³-hybridized carbons (Fsp3) is 0.577. The lowest BCUT2D eigenvalue weighted by atomic mass is 10.1. The van der Waals surface area contributed by atoms with E-state index in [4.69, 9.17) is 12.2 Å². The number of hydrogen-bond donors (Lipinski definition) is 2. The summed E-state index contributed by atoms with van der Waals surface area (Å²) in [5, 5.41) is 3.05. The Morgan fingerprint density at radius 2 is 1.65 bits per heavy atom. The quantitative estimate of drug-likeness (QED) is 0.243. The number of carbonyl (C=O) groups excluding carboxylic acids is 1. The molecule has 188 valence electrons. The van der Waals surface area contributed by atoms with Gasteiger partial charge in [0.15, 0.2) is 4.64 Å². The van der Waals surface area contributed by atoms with E-state index in [2.05, 4.69) is 70.1 Å². The van der Waals surface area contributed by atoms with Gasteiger partial charge in [0.2, 0.25) is 11.9 Å². The highest BCUT2D eigenvalue weighted by Gasteiger charge is 2.17. The van der Waals surface area contributed by atoms with Crippen LogP contribution in [-0.4, -0.2) is 56.1 Å². The van der Waals surface area contributed by atoms with Crippen LogP contribution in [0.4, 0.5) is 23.1 Å². The number of aromatic nitrogens is 2. The van der Waals surface area contributed by atoms with Crippen molar-refractivity contribution in [3.63, 3.8) is 0 Å². The normalized spacial score (nSPS) is 10.7. The minimum atomic E-state index is -0.0358. The van der Waals surface area contributed by atoms with E-state index in [1.165, 1.54) is 31.4 Å². The number of anilines is 4. The SMILES string of the molecule is CCCCCCN(CCCC(=O)Nc1c(N(CC)CC)[nH]c(N(C)C)nc1=S)c1ccccc1. The van der Waals surface area contributed by atoms with Crippen LogP contribution >= 0.6 is 12.2 Å². The topological polar surface area (TPSA) is 67.5 Å². The van der Waals surface area contributed by atoms with E-state index in [1.807, 2.05) is 25.1 Å². The Balaban J connectivity index is 2.06. The summed E-state index contributed by atoms with van der Waals surface area (Å²) in [6, 6.07) is 10.5. The molecule has 0 aliphatic carbocycles. The maximum absolute atomic E-state index is 12.9. The molecule has 1 aromatic carbocycles. The minimum absolute atomic E-state index is 0.0358. The van der Waals surface area contributed by atoms with E-state index in [9.17, 15) is 4.79 Å². The molecule has 34 heavy (non-hydrogen) atoms. The molecule has 0 atom stereocenters. The van der Waals surface area contributed by atoms with Crippen LogP contribution in [0.25, 0.3) is 0 Å². The molecule has 0 bridgehead atoms. The Kier molecular flexibility index (Phi) is 11.9. The molecule has 0 unspecified atom stereocenters. The van der Waals surface area contributed by atoms with Crippen molar-refractivity contribution in [1.29, 1.82) is 0 Å². The summed E-state index contributed by atoms with van der Waals surface area (Å²) >= 11 is 5.56. The molecule has 1 aromatic heterocycles. The highest BCUT2D eigenvalue weighted by molar-refractivity contribution is 7.71. The van der Waals surface area contributed by atoms with E-state index in [0.717, 1.165) is 38.4 Å². The van der Waals surface area contributed by atoms with Gasteiger partial charge < -0.3 is 25.0 Å². The molecule has 0 fully saturated rings. The maximum Gasteiger partial charge on any atom is 0.224 e. The first-order chi connectivity index (χ1) is 16.4. The first-order valence-electron chi connectivity index (χ1n) is 12.6. The van der Waals surface area contributed by atoms with Crippen molar-refractivity contribution in [1.82, 2.24) is 9.97 Å². The molecular weight excluding hydrogens is 444 g/mol. The Morgan fingerprint density at radius 3 is 2.26 bits per heavy atom. The van der Waals surface area contributed by atoms with Crippen molar-refractivity contribution in [2.75, 3.05) is 60.3 Å². The van der Waals surface area contributed by atoms with Gasteiger partial charge in [-0.15, -0.1) is 0 Å². The molecule has 7 nitrogen and oxygen atoms in total. The molecule has 0 radical (unpaired) electrons. The Morgan fingerprint density at radius 1 is 0.971 bits per heavy atom. The van der Waals surface area contributed by atoms with Crippen molar-refractivity contribution >= 4 is 41.3 Å². The second-order valence-corrected chi connectivity index (χ2v) is 9.08. The van der Waals surface area contributed by atoms with E-state index >= 15 is 0 Å². The fourth-order valence-electron chi connectivity index (χ4n) is 3.92. The summed E-state index contributed by atoms with van der Waals surface area (Å²) < 4.78 is 0.402. The molecule has 2 rings (SSSR count). The number of nitrogens with zero attached hydrogens (tertiary/aromatic N) is 4. The third-order valence-corrected chi connectivity index (χ3v) is 6.19. The van der Waals surface area contributed by atoms with Gasteiger partial charge in [-0.05, 0) is 38.8 Å². The predicted octanol–water partition coefficient (Wildman–Crippen LogP) is 5.86. The number of H-pyrrole nitrogens is 1. The van der Waals surface area contributed by atoms with Crippen LogP contribution in [0.15, 0.2) is 30.3 Å². The molecule has 2 N–H and O–H groups in total. The average Bonchev–Trinajstić information content (AvgIpc) is 2.83. The zero-order chi connectivity index (χ0) is 24.9. The molecule has 8 heteroatoms. The van der Waals surface area contributed by atoms with Crippen LogP contribution in [0.5, 0.6) is 0 Å². The van der Waals surface area contributed by atoms with E-state index < -0.39 is 0 Å². The molecule has 0 saturated carbocycles. The van der Waals surface area contributed by atoms with Crippen molar-refractivity contribution < 1.29 is 4.79 Å². The van der Waals surface area contributed by atoms with Crippen molar-refractivity contribution in [3.05, 3.63) is 35.0 Å². The van der Waals surface area contributed by atoms with Crippen LogP contribution < -0.4 is 20.0 Å². The van der Waals surface area contributed by atoms with Gasteiger partial charge >= 0.3 is 0 Å². The monoisotopic (exact) mass is 486 g/mol. The van der Waals surface area contributed by atoms with Crippen molar-refractivity contribution in [2.45, 2.75) is 59.3 Å². The number of carbonyl (C=O) groups is 1. The number of hydrogen-bond acceptors (Lipinski definition) is 6. The first-order valence-corrected chi connectivity index (χ1v) is 13.0. The molecule has 1 heterocycles. The highest BCUT2D eigenvalue weighted by Crippen LogP contribution is 2.27. The lowest BCUT2D eigenvalue weighted by Crippen LogP contribution is -2.28. The molecule has 0 aliphatic rings. The largest absolute Gasteiger partial charge is 0.372 e. The molecule has 0 spiro atoms. The zero-order valence-corrected chi connectivity index (χ0v) is 22.4. The van der Waals surface area contributed by atoms with E-state index in [-0.39, 0.29) is 5.91 Å². The number of amides is 1. The van der Waals surface area contributed by atoms with Crippen LogP contribution in [0.1, 0.15) is 59.3 Å². The van der Waals surface area contributed by atoms with Gasteiger partial charge in [0.25, 0.3) is 0 Å². The number of para-hydroxylation sites is 1. The van der Waals surface area contributed by atoms with Gasteiger partial charge in [-0.25, -0.2) is 4.98 Å². The van der Waals surface area contributed by atoms with Crippen molar-refractivity contribution in [3.8, 4) is 0 Å². The average molecular weight is 487 g/mol. The molecule has 1 amide bonds. The van der Waals surface area contributed by atoms with Gasteiger partial charge in [-0.2, -0.15) is 0 Å². The van der Waals surface area contributed by atoms with Gasteiger partial charge in [0.1, 0.15) is 11.5 Å². The zero-order valence-electron chi connectivity index (χ0n) is 21.6. The van der Waals surface area contributed by atoms with Crippen molar-refractivity contribution in [2.24, 2.45) is 0 Å². The second kappa shape index (κ2) is 14.6. The molecular formula is C26H42N6OS.